The minimum atomic E-state index is -0.651. The van der Waals surface area contributed by atoms with Gasteiger partial charge < -0.3 is 19.7 Å². The van der Waals surface area contributed by atoms with Gasteiger partial charge in [0.2, 0.25) is 11.8 Å². The molecule has 7 heteroatoms. The lowest BCUT2D eigenvalue weighted by Crippen LogP contribution is -2.49. The van der Waals surface area contributed by atoms with Crippen LogP contribution in [0.5, 0.6) is 11.5 Å². The predicted octanol–water partition coefficient (Wildman–Crippen LogP) is 3.86. The van der Waals surface area contributed by atoms with Gasteiger partial charge in [0, 0.05) is 19.0 Å². The average Bonchev–Trinajstić information content (AvgIpc) is 2.81. The number of ether oxygens (including phenoxy) is 2. The van der Waals surface area contributed by atoms with Crippen LogP contribution in [0.4, 0.5) is 4.39 Å². The fraction of sp³-hybridized carbons (Fsp3) is 0.440. The van der Waals surface area contributed by atoms with E-state index in [0.717, 1.165) is 17.5 Å². The summed E-state index contributed by atoms with van der Waals surface area (Å²) < 4.78 is 24.5. The van der Waals surface area contributed by atoms with E-state index in [1.807, 2.05) is 32.0 Å². The number of fused-ring (bicyclic) bond motifs is 1. The van der Waals surface area contributed by atoms with E-state index in [4.69, 9.17) is 9.47 Å². The van der Waals surface area contributed by atoms with E-state index in [0.29, 0.717) is 31.1 Å². The molecular formula is C25H31FN2O4. The first-order chi connectivity index (χ1) is 15.4. The molecule has 1 aliphatic heterocycles. The average molecular weight is 443 g/mol. The number of carbonyl (C=O) groups is 2. The molecule has 0 radical (unpaired) electrons. The highest BCUT2D eigenvalue weighted by Gasteiger charge is 2.26. The Bertz CT molecular complexity index is 932. The molecule has 0 saturated carbocycles. The van der Waals surface area contributed by atoms with Gasteiger partial charge in [-0.05, 0) is 62.1 Å². The molecule has 1 heterocycles. The maximum Gasteiger partial charge on any atom is 0.242 e. The minimum Gasteiger partial charge on any atom is -0.486 e. The zero-order chi connectivity index (χ0) is 23.1. The molecule has 32 heavy (non-hydrogen) atoms. The van der Waals surface area contributed by atoms with Crippen LogP contribution in [0, 0.1) is 5.82 Å². The van der Waals surface area contributed by atoms with Gasteiger partial charge >= 0.3 is 0 Å². The first-order valence-electron chi connectivity index (χ1n) is 11.1. The molecule has 0 spiro atoms. The van der Waals surface area contributed by atoms with E-state index in [-0.39, 0.29) is 36.6 Å². The second-order valence-corrected chi connectivity index (χ2v) is 8.12. The molecule has 6 nitrogen and oxygen atoms in total. The van der Waals surface area contributed by atoms with Crippen molar-refractivity contribution in [1.29, 1.82) is 0 Å². The number of hydrogen-bond acceptors (Lipinski definition) is 4. The van der Waals surface area contributed by atoms with Crippen LogP contribution in [-0.2, 0) is 22.6 Å². The van der Waals surface area contributed by atoms with Crippen molar-refractivity contribution in [3.63, 3.8) is 0 Å². The highest BCUT2D eigenvalue weighted by atomic mass is 19.1. The summed E-state index contributed by atoms with van der Waals surface area (Å²) in [5.41, 5.74) is 1.73. The van der Waals surface area contributed by atoms with Gasteiger partial charge in [-0.3, -0.25) is 9.59 Å². The lowest BCUT2D eigenvalue weighted by Gasteiger charge is -2.30. The normalized spacial score (nSPS) is 14.4. The fourth-order valence-corrected chi connectivity index (χ4v) is 3.47. The van der Waals surface area contributed by atoms with E-state index in [1.54, 1.807) is 24.0 Å². The van der Waals surface area contributed by atoms with Crippen molar-refractivity contribution in [1.82, 2.24) is 10.2 Å². The first kappa shape index (κ1) is 23.6. The van der Waals surface area contributed by atoms with Gasteiger partial charge in [0.25, 0.3) is 0 Å². The van der Waals surface area contributed by atoms with Crippen LogP contribution in [0.1, 0.15) is 44.7 Å². The summed E-state index contributed by atoms with van der Waals surface area (Å²) in [4.78, 5) is 27.5. The lowest BCUT2D eigenvalue weighted by atomic mass is 10.1. The molecule has 1 aliphatic rings. The number of carbonyl (C=O) groups excluding carboxylic acids is 2. The molecule has 2 atom stereocenters. The molecule has 172 valence electrons. The van der Waals surface area contributed by atoms with Gasteiger partial charge in [0.1, 0.15) is 25.1 Å². The Morgan fingerprint density at radius 3 is 2.38 bits per heavy atom. The van der Waals surface area contributed by atoms with Gasteiger partial charge in [0.15, 0.2) is 11.5 Å². The Labute approximate surface area is 188 Å². The van der Waals surface area contributed by atoms with Crippen molar-refractivity contribution in [2.45, 2.75) is 58.7 Å². The molecular weight excluding hydrogens is 411 g/mol. The molecule has 1 N–H and O–H groups in total. The van der Waals surface area contributed by atoms with E-state index in [9.17, 15) is 14.0 Å². The highest BCUT2D eigenvalue weighted by molar-refractivity contribution is 5.87. The van der Waals surface area contributed by atoms with Crippen molar-refractivity contribution in [2.75, 3.05) is 13.2 Å². The fourth-order valence-electron chi connectivity index (χ4n) is 3.47. The van der Waals surface area contributed by atoms with Crippen molar-refractivity contribution in [2.24, 2.45) is 0 Å². The molecule has 0 aliphatic carbocycles. The highest BCUT2D eigenvalue weighted by Crippen LogP contribution is 2.31. The number of nitrogens with one attached hydrogen (secondary N) is 1. The summed E-state index contributed by atoms with van der Waals surface area (Å²) in [6.07, 6.45) is 1.55. The Hall–Kier alpha value is -3.09. The van der Waals surface area contributed by atoms with Gasteiger partial charge in [-0.2, -0.15) is 0 Å². The molecule has 3 rings (SSSR count). The maximum absolute atomic E-state index is 13.3. The Morgan fingerprint density at radius 1 is 1.03 bits per heavy atom. The summed E-state index contributed by atoms with van der Waals surface area (Å²) >= 11 is 0. The molecule has 0 fully saturated rings. The molecule has 2 unspecified atom stereocenters. The minimum absolute atomic E-state index is 0.0189. The molecule has 2 amide bonds. The molecule has 2 aromatic carbocycles. The number of rotatable bonds is 9. The Kier molecular flexibility index (Phi) is 8.09. The van der Waals surface area contributed by atoms with Crippen LogP contribution in [-0.4, -0.2) is 42.0 Å². The lowest BCUT2D eigenvalue weighted by molar-refractivity contribution is -0.140. The van der Waals surface area contributed by atoms with E-state index in [2.05, 4.69) is 5.32 Å². The monoisotopic (exact) mass is 442 g/mol. The van der Waals surface area contributed by atoms with Crippen molar-refractivity contribution in [3.05, 3.63) is 59.4 Å². The number of halogens is 1. The summed E-state index contributed by atoms with van der Waals surface area (Å²) in [5.74, 6) is 0.711. The largest absolute Gasteiger partial charge is 0.486 e. The van der Waals surface area contributed by atoms with Gasteiger partial charge in [-0.1, -0.05) is 25.1 Å². The third-order valence-electron chi connectivity index (χ3n) is 5.67. The first-order valence-corrected chi connectivity index (χ1v) is 11.1. The standard InChI is InChI=1S/C25H31FN2O4/c1-4-17(2)27-25(30)18(3)28(16-20-5-9-21(26)10-6-20)24(29)12-8-19-7-11-22-23(15-19)32-14-13-31-22/h5-7,9-11,15,17-18H,4,8,12-14,16H2,1-3H3,(H,27,30). The van der Waals surface area contributed by atoms with Crippen molar-refractivity contribution < 1.29 is 23.5 Å². The summed E-state index contributed by atoms with van der Waals surface area (Å²) in [6.45, 7) is 6.91. The Morgan fingerprint density at radius 2 is 1.69 bits per heavy atom. The smallest absolute Gasteiger partial charge is 0.242 e. The van der Waals surface area contributed by atoms with E-state index >= 15 is 0 Å². The van der Waals surface area contributed by atoms with E-state index < -0.39 is 6.04 Å². The van der Waals surface area contributed by atoms with Crippen molar-refractivity contribution in [3.8, 4) is 11.5 Å². The zero-order valence-corrected chi connectivity index (χ0v) is 18.9. The number of nitrogens with zero attached hydrogens (tertiary/aromatic N) is 1. The molecule has 0 bridgehead atoms. The third-order valence-corrected chi connectivity index (χ3v) is 5.67. The Balaban J connectivity index is 1.71. The van der Waals surface area contributed by atoms with E-state index in [1.165, 1.54) is 12.1 Å². The second kappa shape index (κ2) is 11.0. The summed E-state index contributed by atoms with van der Waals surface area (Å²) in [5, 5.41) is 2.94. The molecule has 0 saturated heterocycles. The number of hydrogen-bond donors (Lipinski definition) is 1. The molecule has 0 aromatic heterocycles. The van der Waals surface area contributed by atoms with Gasteiger partial charge in [0.05, 0.1) is 0 Å². The number of amides is 2. The third kappa shape index (κ3) is 6.22. The predicted molar refractivity (Wildman–Crippen MR) is 120 cm³/mol. The van der Waals surface area contributed by atoms with Crippen LogP contribution in [0.25, 0.3) is 0 Å². The second-order valence-electron chi connectivity index (χ2n) is 8.12. The maximum atomic E-state index is 13.3. The zero-order valence-electron chi connectivity index (χ0n) is 18.9. The number of benzene rings is 2. The quantitative estimate of drug-likeness (QED) is 0.640. The summed E-state index contributed by atoms with van der Waals surface area (Å²) in [6, 6.07) is 11.0. The number of aryl methyl sites for hydroxylation is 1. The topological polar surface area (TPSA) is 67.9 Å². The van der Waals surface area contributed by atoms with Crippen LogP contribution in [0.15, 0.2) is 42.5 Å². The SMILES string of the molecule is CCC(C)NC(=O)C(C)N(Cc1ccc(F)cc1)C(=O)CCc1ccc2c(c1)OCCO2. The van der Waals surface area contributed by atoms with Crippen LogP contribution < -0.4 is 14.8 Å². The van der Waals surface area contributed by atoms with Crippen LogP contribution in [0.3, 0.4) is 0 Å². The molecule has 2 aromatic rings. The summed E-state index contributed by atoms with van der Waals surface area (Å²) in [7, 11) is 0. The van der Waals surface area contributed by atoms with Gasteiger partial charge in [-0.15, -0.1) is 0 Å². The van der Waals surface area contributed by atoms with Crippen LogP contribution in [0.2, 0.25) is 0 Å². The van der Waals surface area contributed by atoms with Crippen molar-refractivity contribution >= 4 is 11.8 Å². The van der Waals surface area contributed by atoms with Gasteiger partial charge in [-0.25, -0.2) is 4.39 Å². The van der Waals surface area contributed by atoms with Crippen LogP contribution >= 0.6 is 0 Å².